The van der Waals surface area contributed by atoms with Crippen molar-refractivity contribution in [2.24, 2.45) is 0 Å². The molecule has 142 valence electrons. The highest BCUT2D eigenvalue weighted by atomic mass is 16.6. The second-order valence-electron chi connectivity index (χ2n) is 6.95. The fraction of sp³-hybridized carbons (Fsp3) is 0.667. The van der Waals surface area contributed by atoms with Gasteiger partial charge in [-0.3, -0.25) is 0 Å². The van der Waals surface area contributed by atoms with Gasteiger partial charge in [0.05, 0.1) is 25.4 Å². The molecule has 0 spiro atoms. The average Bonchev–Trinajstić information content (AvgIpc) is 3.32. The maximum absolute atomic E-state index is 8.85. The Kier molecular flexibility index (Phi) is 7.98. The maximum Gasteiger partial charge on any atom is 0.494 e. The minimum atomic E-state index is -0.320. The highest BCUT2D eigenvalue weighted by Gasteiger charge is 2.35. The quantitative estimate of drug-likeness (QED) is 0.459. The molecule has 0 bridgehead atoms. The molecule has 2 aliphatic rings. The summed E-state index contributed by atoms with van der Waals surface area (Å²) in [6.07, 6.45) is 5.55. The van der Waals surface area contributed by atoms with Crippen LogP contribution in [0.5, 0.6) is 0 Å². The lowest BCUT2D eigenvalue weighted by Gasteiger charge is -2.11. The Morgan fingerprint density at radius 1 is 0.731 bits per heavy atom. The maximum atomic E-state index is 8.85. The number of aliphatic hydroxyl groups is 2. The van der Waals surface area contributed by atoms with Crippen LogP contribution in [0.4, 0.5) is 0 Å². The molecule has 0 aromatic heterocycles. The lowest BCUT2D eigenvalue weighted by molar-refractivity contribution is 0.208. The lowest BCUT2D eigenvalue weighted by Crippen LogP contribution is -2.37. The van der Waals surface area contributed by atoms with E-state index in [1.165, 1.54) is 0 Å². The van der Waals surface area contributed by atoms with Crippen LogP contribution in [0.1, 0.15) is 38.5 Å². The van der Waals surface area contributed by atoms with Crippen LogP contribution in [0.3, 0.4) is 0 Å². The number of hydrogen-bond acceptors (Lipinski definition) is 6. The van der Waals surface area contributed by atoms with E-state index in [1.807, 2.05) is 24.3 Å². The monoisotopic (exact) mass is 362 g/mol. The van der Waals surface area contributed by atoms with E-state index in [0.717, 1.165) is 49.5 Å². The second-order valence-corrected chi connectivity index (χ2v) is 6.95. The van der Waals surface area contributed by atoms with Gasteiger partial charge in [0.2, 0.25) is 0 Å². The Bertz CT molecular complexity index is 482. The molecule has 0 aliphatic carbocycles. The molecule has 2 fully saturated rings. The minimum Gasteiger partial charge on any atom is -0.405 e. The molecular weight excluding hydrogens is 334 g/mol. The topological polar surface area (TPSA) is 77.4 Å². The van der Waals surface area contributed by atoms with Crippen LogP contribution in [0.25, 0.3) is 0 Å². The minimum absolute atomic E-state index is 0.104. The second kappa shape index (κ2) is 10.4. The van der Waals surface area contributed by atoms with E-state index in [4.69, 9.17) is 28.8 Å². The number of hydrogen-bond donors (Lipinski definition) is 2. The fourth-order valence-corrected chi connectivity index (χ4v) is 3.33. The first-order chi connectivity index (χ1) is 12.8. The van der Waals surface area contributed by atoms with Crippen LogP contribution in [0.2, 0.25) is 0 Å². The van der Waals surface area contributed by atoms with Gasteiger partial charge in [-0.1, -0.05) is 24.3 Å². The highest BCUT2D eigenvalue weighted by Crippen LogP contribution is 2.16. The summed E-state index contributed by atoms with van der Waals surface area (Å²) in [7, 11) is -0.639. The zero-order valence-electron chi connectivity index (χ0n) is 15.2. The van der Waals surface area contributed by atoms with Crippen molar-refractivity contribution in [2.75, 3.05) is 26.4 Å². The summed E-state index contributed by atoms with van der Waals surface area (Å²) in [4.78, 5) is 0. The third kappa shape index (κ3) is 5.55. The third-order valence-electron chi connectivity index (χ3n) is 4.85. The van der Waals surface area contributed by atoms with Gasteiger partial charge in [-0.2, -0.15) is 0 Å². The zero-order valence-corrected chi connectivity index (χ0v) is 15.2. The van der Waals surface area contributed by atoms with E-state index in [9.17, 15) is 0 Å². The predicted octanol–water partition coefficient (Wildman–Crippen LogP) is 0.233. The summed E-state index contributed by atoms with van der Waals surface area (Å²) in [6.45, 7) is 1.66. The molecule has 2 heterocycles. The fourth-order valence-electron chi connectivity index (χ4n) is 3.33. The molecule has 2 saturated heterocycles. The summed E-state index contributed by atoms with van der Waals surface area (Å²) in [6, 6.07) is 8.01. The van der Waals surface area contributed by atoms with E-state index >= 15 is 0 Å². The van der Waals surface area contributed by atoms with Gasteiger partial charge in [-0.25, -0.2) is 0 Å². The molecule has 2 unspecified atom stereocenters. The van der Waals surface area contributed by atoms with Gasteiger partial charge in [0.1, 0.15) is 0 Å². The van der Waals surface area contributed by atoms with E-state index in [2.05, 4.69) is 0 Å². The van der Waals surface area contributed by atoms with Crippen LogP contribution < -0.4 is 10.9 Å². The van der Waals surface area contributed by atoms with Crippen LogP contribution in [0, 0.1) is 0 Å². The molecule has 1 aromatic rings. The normalized spacial score (nSPS) is 23.2. The molecular formula is C18H28B2O6. The number of unbranched alkanes of at least 4 members (excludes halogenated alkanes) is 2. The first-order valence-electron chi connectivity index (χ1n) is 9.66. The SMILES string of the molecule is OCCCCC1COB(c2ccc(B3OCC(CCCCO)O3)cc2)O1. The first-order valence-corrected chi connectivity index (χ1v) is 9.66. The van der Waals surface area contributed by atoms with Crippen molar-refractivity contribution in [1.29, 1.82) is 0 Å². The Labute approximate surface area is 156 Å². The summed E-state index contributed by atoms with van der Waals surface area (Å²) in [5.74, 6) is 0. The van der Waals surface area contributed by atoms with Crippen molar-refractivity contribution in [3.05, 3.63) is 24.3 Å². The van der Waals surface area contributed by atoms with Crippen LogP contribution in [-0.2, 0) is 18.6 Å². The molecule has 2 aliphatic heterocycles. The summed E-state index contributed by atoms with van der Waals surface area (Å²) in [5, 5.41) is 17.7. The molecule has 2 N–H and O–H groups in total. The van der Waals surface area contributed by atoms with Crippen molar-refractivity contribution in [3.8, 4) is 0 Å². The molecule has 3 rings (SSSR count). The molecule has 26 heavy (non-hydrogen) atoms. The largest absolute Gasteiger partial charge is 0.494 e. The molecule has 6 nitrogen and oxygen atoms in total. The summed E-state index contributed by atoms with van der Waals surface area (Å²) < 4.78 is 23.4. The molecule has 8 heteroatoms. The van der Waals surface area contributed by atoms with E-state index in [-0.39, 0.29) is 39.7 Å². The Hall–Kier alpha value is -0.890. The van der Waals surface area contributed by atoms with Gasteiger partial charge in [0, 0.05) is 13.2 Å². The van der Waals surface area contributed by atoms with Crippen LogP contribution in [-0.4, -0.2) is 63.1 Å². The highest BCUT2D eigenvalue weighted by molar-refractivity contribution is 6.63. The van der Waals surface area contributed by atoms with Gasteiger partial charge >= 0.3 is 14.2 Å². The first kappa shape index (κ1) is 19.9. The molecule has 0 saturated carbocycles. The smallest absolute Gasteiger partial charge is 0.405 e. The van der Waals surface area contributed by atoms with E-state index < -0.39 is 0 Å². The van der Waals surface area contributed by atoms with Gasteiger partial charge in [0.25, 0.3) is 0 Å². The van der Waals surface area contributed by atoms with Crippen LogP contribution >= 0.6 is 0 Å². The third-order valence-corrected chi connectivity index (χ3v) is 4.85. The van der Waals surface area contributed by atoms with Crippen molar-refractivity contribution in [2.45, 2.75) is 50.7 Å². The Morgan fingerprint density at radius 3 is 1.54 bits per heavy atom. The Morgan fingerprint density at radius 2 is 1.15 bits per heavy atom. The van der Waals surface area contributed by atoms with Gasteiger partial charge in [-0.05, 0) is 49.5 Å². The molecule has 0 radical (unpaired) electrons. The van der Waals surface area contributed by atoms with Gasteiger partial charge in [0.15, 0.2) is 0 Å². The zero-order chi connectivity index (χ0) is 18.2. The Balaban J connectivity index is 1.45. The number of rotatable bonds is 10. The van der Waals surface area contributed by atoms with Crippen molar-refractivity contribution < 1.29 is 28.8 Å². The predicted molar refractivity (Wildman–Crippen MR) is 101 cm³/mol. The van der Waals surface area contributed by atoms with Gasteiger partial charge < -0.3 is 28.8 Å². The van der Waals surface area contributed by atoms with Crippen molar-refractivity contribution in [1.82, 2.24) is 0 Å². The molecule has 0 amide bonds. The summed E-state index contributed by atoms with van der Waals surface area (Å²) >= 11 is 0. The van der Waals surface area contributed by atoms with E-state index in [1.54, 1.807) is 0 Å². The summed E-state index contributed by atoms with van der Waals surface area (Å²) in [5.41, 5.74) is 1.99. The standard InChI is InChI=1S/C18H28B2O6/c21-11-3-1-5-17-13-23-19(25-17)15-7-9-16(10-8-15)20-24-14-18(26-20)6-2-4-12-22/h7-10,17-18,21-22H,1-6,11-14H2. The lowest BCUT2D eigenvalue weighted by atomic mass is 9.74. The van der Waals surface area contributed by atoms with Crippen molar-refractivity contribution >= 4 is 25.2 Å². The van der Waals surface area contributed by atoms with Gasteiger partial charge in [-0.15, -0.1) is 0 Å². The van der Waals surface area contributed by atoms with E-state index in [0.29, 0.717) is 13.2 Å². The molecule has 1 aromatic carbocycles. The number of aliphatic hydroxyl groups excluding tert-OH is 2. The average molecular weight is 362 g/mol. The van der Waals surface area contributed by atoms with Crippen LogP contribution in [0.15, 0.2) is 24.3 Å². The molecule has 2 atom stereocenters. The van der Waals surface area contributed by atoms with Crippen molar-refractivity contribution in [3.63, 3.8) is 0 Å². The number of benzene rings is 1.